The van der Waals surface area contributed by atoms with Crippen molar-refractivity contribution < 1.29 is 23.8 Å². The van der Waals surface area contributed by atoms with E-state index in [2.05, 4.69) is 4.90 Å². The van der Waals surface area contributed by atoms with Gasteiger partial charge in [0.1, 0.15) is 11.5 Å². The number of phenolic OH excluding ortho intramolecular Hbond substituents is 1. The van der Waals surface area contributed by atoms with Gasteiger partial charge in [-0.15, -0.1) is 0 Å². The first-order valence-electron chi connectivity index (χ1n) is 9.56. The summed E-state index contributed by atoms with van der Waals surface area (Å²) in [6, 6.07) is 10.9. The lowest BCUT2D eigenvalue weighted by Gasteiger charge is -2.19. The van der Waals surface area contributed by atoms with Gasteiger partial charge in [-0.25, -0.2) is 4.39 Å². The molecule has 1 heterocycles. The van der Waals surface area contributed by atoms with E-state index < -0.39 is 0 Å². The second-order valence-electron chi connectivity index (χ2n) is 7.69. The Hall–Kier alpha value is -2.60. The van der Waals surface area contributed by atoms with E-state index in [0.717, 1.165) is 25.9 Å². The van der Waals surface area contributed by atoms with E-state index in [0.29, 0.717) is 29.7 Å². The number of hydrogen-bond donors (Lipinski definition) is 1. The number of nitrogens with zero attached hydrogens (tertiary/aromatic N) is 1. The molecule has 0 unspecified atom stereocenters. The molecule has 5 nitrogen and oxygen atoms in total. The molecule has 2 aliphatic rings. The Labute approximate surface area is 163 Å². The summed E-state index contributed by atoms with van der Waals surface area (Å²) >= 11 is 0. The maximum Gasteiger partial charge on any atom is 0.176 e. The molecule has 2 aromatic carbocycles. The van der Waals surface area contributed by atoms with Gasteiger partial charge in [-0.1, -0.05) is 0 Å². The van der Waals surface area contributed by atoms with Crippen LogP contribution in [-0.4, -0.2) is 48.6 Å². The van der Waals surface area contributed by atoms with Crippen LogP contribution in [0.3, 0.4) is 0 Å². The van der Waals surface area contributed by atoms with E-state index in [9.17, 15) is 14.3 Å². The second-order valence-corrected chi connectivity index (χ2v) is 7.69. The quantitative estimate of drug-likeness (QED) is 0.771. The van der Waals surface area contributed by atoms with Gasteiger partial charge in [0.2, 0.25) is 0 Å². The van der Waals surface area contributed by atoms with Crippen molar-refractivity contribution >= 4 is 5.78 Å². The van der Waals surface area contributed by atoms with Gasteiger partial charge in [-0.05, 0) is 61.1 Å². The summed E-state index contributed by atoms with van der Waals surface area (Å²) in [5, 5.41) is 9.34. The highest BCUT2D eigenvalue weighted by molar-refractivity contribution is 5.97. The Morgan fingerprint density at radius 2 is 1.82 bits per heavy atom. The van der Waals surface area contributed by atoms with Gasteiger partial charge < -0.3 is 14.6 Å². The van der Waals surface area contributed by atoms with Gasteiger partial charge in [0.15, 0.2) is 17.3 Å². The number of likely N-dealkylation sites (tertiary alicyclic amines) is 1. The minimum absolute atomic E-state index is 0.00782. The zero-order chi connectivity index (χ0) is 19.7. The molecule has 1 N–H and O–H groups in total. The highest BCUT2D eigenvalue weighted by Gasteiger charge is 2.42. The van der Waals surface area contributed by atoms with E-state index >= 15 is 0 Å². The Morgan fingerprint density at radius 3 is 2.46 bits per heavy atom. The Morgan fingerprint density at radius 1 is 1.14 bits per heavy atom. The van der Waals surface area contributed by atoms with Crippen LogP contribution >= 0.6 is 0 Å². The van der Waals surface area contributed by atoms with E-state index in [1.807, 2.05) is 0 Å². The molecule has 2 aromatic rings. The predicted molar refractivity (Wildman–Crippen MR) is 102 cm³/mol. The van der Waals surface area contributed by atoms with Crippen molar-refractivity contribution in [1.29, 1.82) is 0 Å². The molecule has 0 amide bonds. The van der Waals surface area contributed by atoms with Crippen LogP contribution in [0.25, 0.3) is 0 Å². The molecular weight excluding hydrogens is 361 g/mol. The van der Waals surface area contributed by atoms with Crippen molar-refractivity contribution in [3.05, 3.63) is 53.8 Å². The molecule has 148 valence electrons. The molecule has 4 rings (SSSR count). The summed E-state index contributed by atoms with van der Waals surface area (Å²) in [6.45, 7) is 2.09. The molecule has 28 heavy (non-hydrogen) atoms. The standard InChI is InChI=1S/C22H24FNO4/c1-27-18-6-7-20(23)22(10-18)28-19-8-15-11-24(12-16(15)9-19)13-21(26)14-2-4-17(25)5-3-14/h2-7,10,15-16,19,25H,8-9,11-13H2,1H3/t15-,16+,19-. The van der Waals surface area contributed by atoms with Crippen LogP contribution in [0.5, 0.6) is 17.2 Å². The second kappa shape index (κ2) is 7.80. The third-order valence-electron chi connectivity index (χ3n) is 5.77. The molecule has 0 bridgehead atoms. The SMILES string of the molecule is COc1ccc(F)c(O[C@@H]2C[C@@H]3CN(CC(=O)c4ccc(O)cc4)C[C@@H]3C2)c1. The van der Waals surface area contributed by atoms with Crippen LogP contribution in [0.2, 0.25) is 0 Å². The highest BCUT2D eigenvalue weighted by atomic mass is 19.1. The average molecular weight is 385 g/mol. The van der Waals surface area contributed by atoms with Crippen LogP contribution in [0, 0.1) is 17.7 Å². The summed E-state index contributed by atoms with van der Waals surface area (Å²) in [4.78, 5) is 14.6. The molecular formula is C22H24FNO4. The number of carbonyl (C=O) groups excluding carboxylic acids is 1. The number of halogens is 1. The van der Waals surface area contributed by atoms with Crippen molar-refractivity contribution in [2.24, 2.45) is 11.8 Å². The molecule has 1 saturated carbocycles. The summed E-state index contributed by atoms with van der Waals surface area (Å²) in [7, 11) is 1.55. The third kappa shape index (κ3) is 3.97. The fourth-order valence-electron chi connectivity index (χ4n) is 4.39. The smallest absolute Gasteiger partial charge is 0.176 e. The number of hydrogen-bond acceptors (Lipinski definition) is 5. The van der Waals surface area contributed by atoms with Gasteiger partial charge in [0.05, 0.1) is 19.8 Å². The van der Waals surface area contributed by atoms with Gasteiger partial charge in [0.25, 0.3) is 0 Å². The summed E-state index contributed by atoms with van der Waals surface area (Å²) in [6.07, 6.45) is 1.72. The predicted octanol–water partition coefficient (Wildman–Crippen LogP) is 3.51. The Kier molecular flexibility index (Phi) is 5.22. The van der Waals surface area contributed by atoms with E-state index in [4.69, 9.17) is 9.47 Å². The van der Waals surface area contributed by atoms with Gasteiger partial charge in [-0.2, -0.15) is 0 Å². The van der Waals surface area contributed by atoms with E-state index in [1.54, 1.807) is 31.4 Å². The molecule has 3 atom stereocenters. The molecule has 1 aliphatic heterocycles. The van der Waals surface area contributed by atoms with Gasteiger partial charge in [-0.3, -0.25) is 9.69 Å². The van der Waals surface area contributed by atoms with Crippen molar-refractivity contribution in [3.63, 3.8) is 0 Å². The molecule has 1 saturated heterocycles. The largest absolute Gasteiger partial charge is 0.508 e. The first-order valence-corrected chi connectivity index (χ1v) is 9.56. The third-order valence-corrected chi connectivity index (χ3v) is 5.77. The number of ketones is 1. The molecule has 0 aromatic heterocycles. The number of ether oxygens (including phenoxy) is 2. The minimum Gasteiger partial charge on any atom is -0.508 e. The summed E-state index contributed by atoms with van der Waals surface area (Å²) < 4.78 is 25.1. The summed E-state index contributed by atoms with van der Waals surface area (Å²) in [5.41, 5.74) is 0.615. The monoisotopic (exact) mass is 385 g/mol. The topological polar surface area (TPSA) is 59.0 Å². The minimum atomic E-state index is -0.376. The van der Waals surface area contributed by atoms with Crippen LogP contribution in [-0.2, 0) is 0 Å². The van der Waals surface area contributed by atoms with E-state index in [1.165, 1.54) is 18.2 Å². The normalized spacial score (nSPS) is 24.1. The van der Waals surface area contributed by atoms with Crippen LogP contribution in [0.1, 0.15) is 23.2 Å². The van der Waals surface area contributed by atoms with E-state index in [-0.39, 0.29) is 29.2 Å². The van der Waals surface area contributed by atoms with Crippen molar-refractivity contribution in [1.82, 2.24) is 4.90 Å². The molecule has 0 radical (unpaired) electrons. The maximum atomic E-state index is 14.0. The van der Waals surface area contributed by atoms with Crippen molar-refractivity contribution in [2.45, 2.75) is 18.9 Å². The van der Waals surface area contributed by atoms with Gasteiger partial charge in [0, 0.05) is 24.7 Å². The van der Waals surface area contributed by atoms with Crippen LogP contribution in [0.15, 0.2) is 42.5 Å². The number of carbonyl (C=O) groups is 1. The first-order chi connectivity index (χ1) is 13.5. The zero-order valence-corrected chi connectivity index (χ0v) is 15.8. The number of Topliss-reactive ketones (excluding diaryl/α,β-unsaturated/α-hetero) is 1. The molecule has 1 aliphatic carbocycles. The first kappa shape index (κ1) is 18.7. The maximum absolute atomic E-state index is 14.0. The highest BCUT2D eigenvalue weighted by Crippen LogP contribution is 2.40. The lowest BCUT2D eigenvalue weighted by Crippen LogP contribution is -2.30. The fourth-order valence-corrected chi connectivity index (χ4v) is 4.39. The lowest BCUT2D eigenvalue weighted by atomic mass is 10.0. The number of phenols is 1. The number of methoxy groups -OCH3 is 1. The number of aromatic hydroxyl groups is 1. The lowest BCUT2D eigenvalue weighted by molar-refractivity contribution is 0.0936. The summed E-state index contributed by atoms with van der Waals surface area (Å²) in [5.74, 6) is 1.59. The number of rotatable bonds is 6. The number of fused-ring (bicyclic) bond motifs is 1. The van der Waals surface area contributed by atoms with Crippen LogP contribution < -0.4 is 9.47 Å². The fraction of sp³-hybridized carbons (Fsp3) is 0.409. The van der Waals surface area contributed by atoms with Crippen LogP contribution in [0.4, 0.5) is 4.39 Å². The van der Waals surface area contributed by atoms with Crippen molar-refractivity contribution in [2.75, 3.05) is 26.7 Å². The number of benzene rings is 2. The average Bonchev–Trinajstić information content (AvgIpc) is 3.21. The molecule has 2 fully saturated rings. The Balaban J connectivity index is 1.31. The van der Waals surface area contributed by atoms with Crippen molar-refractivity contribution in [3.8, 4) is 17.2 Å². The zero-order valence-electron chi connectivity index (χ0n) is 15.8. The molecule has 0 spiro atoms. The molecule has 6 heteroatoms. The van der Waals surface area contributed by atoms with Gasteiger partial charge >= 0.3 is 0 Å². The Bertz CT molecular complexity index is 840.